The van der Waals surface area contributed by atoms with Crippen LogP contribution in [0.3, 0.4) is 0 Å². The summed E-state index contributed by atoms with van der Waals surface area (Å²) in [7, 11) is -3.69. The second-order valence-electron chi connectivity index (χ2n) is 7.15. The van der Waals surface area contributed by atoms with Crippen LogP contribution in [0.25, 0.3) is 0 Å². The third-order valence-corrected chi connectivity index (χ3v) is 6.97. The van der Waals surface area contributed by atoms with Crippen molar-refractivity contribution >= 4 is 33.2 Å². The maximum Gasteiger partial charge on any atom is 0.243 e. The summed E-state index contributed by atoms with van der Waals surface area (Å²) in [4.78, 5) is 25.7. The van der Waals surface area contributed by atoms with Crippen molar-refractivity contribution in [1.29, 1.82) is 0 Å². The van der Waals surface area contributed by atoms with E-state index in [1.165, 1.54) is 28.1 Å². The smallest absolute Gasteiger partial charge is 0.243 e. The van der Waals surface area contributed by atoms with Gasteiger partial charge in [0.25, 0.3) is 0 Å². The van der Waals surface area contributed by atoms with Crippen LogP contribution in [-0.4, -0.2) is 55.6 Å². The summed E-state index contributed by atoms with van der Waals surface area (Å²) in [5.74, 6) is -0.892. The standard InChI is InChI=1S/C20H22N4O4S/c25-19-13-20(26)22-18-12-16(6-7-17(18)21-19)29(27,28)24-10-8-23(9-11-24)14-15-4-2-1-3-5-15/h1-7,12H,8-11,13-14H2,(H,21,25)(H,22,26). The Morgan fingerprint density at radius 1 is 0.828 bits per heavy atom. The molecular weight excluding hydrogens is 392 g/mol. The van der Waals surface area contributed by atoms with Crippen LogP contribution >= 0.6 is 0 Å². The molecule has 0 spiro atoms. The van der Waals surface area contributed by atoms with Crippen molar-refractivity contribution in [3.05, 3.63) is 54.1 Å². The molecule has 0 radical (unpaired) electrons. The highest BCUT2D eigenvalue weighted by Gasteiger charge is 2.30. The first kappa shape index (κ1) is 19.6. The van der Waals surface area contributed by atoms with Crippen LogP contribution < -0.4 is 10.6 Å². The lowest BCUT2D eigenvalue weighted by molar-refractivity contribution is -0.123. The topological polar surface area (TPSA) is 98.8 Å². The highest BCUT2D eigenvalue weighted by atomic mass is 32.2. The van der Waals surface area contributed by atoms with E-state index in [2.05, 4.69) is 27.7 Å². The maximum atomic E-state index is 13.1. The van der Waals surface area contributed by atoms with Crippen LogP contribution in [0.15, 0.2) is 53.4 Å². The van der Waals surface area contributed by atoms with Gasteiger partial charge < -0.3 is 10.6 Å². The van der Waals surface area contributed by atoms with Crippen molar-refractivity contribution in [2.75, 3.05) is 36.8 Å². The number of nitrogens with zero attached hydrogens (tertiary/aromatic N) is 2. The number of carbonyl (C=O) groups is 2. The van der Waals surface area contributed by atoms with Crippen LogP contribution in [0.2, 0.25) is 0 Å². The first-order valence-corrected chi connectivity index (χ1v) is 10.9. The van der Waals surface area contributed by atoms with Crippen LogP contribution in [0.5, 0.6) is 0 Å². The Labute approximate surface area is 169 Å². The molecule has 9 heteroatoms. The lowest BCUT2D eigenvalue weighted by atomic mass is 10.2. The Morgan fingerprint density at radius 2 is 1.48 bits per heavy atom. The number of hydrogen-bond donors (Lipinski definition) is 2. The van der Waals surface area contributed by atoms with Crippen LogP contribution in [0, 0.1) is 0 Å². The minimum absolute atomic E-state index is 0.101. The zero-order valence-corrected chi connectivity index (χ0v) is 16.6. The van der Waals surface area contributed by atoms with Crippen molar-refractivity contribution in [2.45, 2.75) is 17.9 Å². The van der Waals surface area contributed by atoms with Gasteiger partial charge in [0.1, 0.15) is 6.42 Å². The van der Waals surface area contributed by atoms with Gasteiger partial charge in [0.2, 0.25) is 21.8 Å². The summed E-state index contributed by atoms with van der Waals surface area (Å²) in [5, 5.41) is 5.19. The third kappa shape index (κ3) is 4.31. The molecule has 0 aliphatic carbocycles. The first-order valence-electron chi connectivity index (χ1n) is 9.42. The molecule has 2 aromatic carbocycles. The van der Waals surface area contributed by atoms with Crippen LogP contribution in [-0.2, 0) is 26.2 Å². The summed E-state index contributed by atoms with van der Waals surface area (Å²) in [6.45, 7) is 2.88. The summed E-state index contributed by atoms with van der Waals surface area (Å²) in [5.41, 5.74) is 1.89. The van der Waals surface area contributed by atoms with Gasteiger partial charge in [-0.3, -0.25) is 14.5 Å². The predicted octanol–water partition coefficient (Wildman–Crippen LogP) is 1.47. The molecule has 152 valence electrons. The first-order chi connectivity index (χ1) is 13.9. The summed E-state index contributed by atoms with van der Waals surface area (Å²) < 4.78 is 27.6. The molecule has 8 nitrogen and oxygen atoms in total. The quantitative estimate of drug-likeness (QED) is 0.739. The Morgan fingerprint density at radius 3 is 2.17 bits per heavy atom. The van der Waals surface area contributed by atoms with Gasteiger partial charge in [-0.05, 0) is 23.8 Å². The Hall–Kier alpha value is -2.75. The predicted molar refractivity (Wildman–Crippen MR) is 109 cm³/mol. The van der Waals surface area contributed by atoms with Gasteiger partial charge in [0.15, 0.2) is 0 Å². The molecule has 4 rings (SSSR count). The van der Waals surface area contributed by atoms with E-state index in [0.717, 1.165) is 6.54 Å². The molecule has 2 amide bonds. The molecule has 1 fully saturated rings. The second-order valence-corrected chi connectivity index (χ2v) is 9.08. The SMILES string of the molecule is O=C1CC(=O)Nc2cc(S(=O)(=O)N3CCN(Cc4ccccc4)CC3)ccc2N1. The number of piperazine rings is 1. The van der Waals surface area contributed by atoms with E-state index in [0.29, 0.717) is 37.6 Å². The number of rotatable bonds is 4. The van der Waals surface area contributed by atoms with Crippen molar-refractivity contribution in [3.8, 4) is 0 Å². The lowest BCUT2D eigenvalue weighted by Gasteiger charge is -2.34. The normalized spacial score (nSPS) is 18.5. The molecular formula is C20H22N4O4S. The molecule has 0 bridgehead atoms. The molecule has 2 N–H and O–H groups in total. The fourth-order valence-corrected chi connectivity index (χ4v) is 5.00. The van der Waals surface area contributed by atoms with Crippen molar-refractivity contribution < 1.29 is 18.0 Å². The second kappa shape index (κ2) is 7.94. The van der Waals surface area contributed by atoms with Crippen molar-refractivity contribution in [2.24, 2.45) is 0 Å². The summed E-state index contributed by atoms with van der Waals surface area (Å²) in [6.07, 6.45) is -0.292. The average molecular weight is 414 g/mol. The van der Waals surface area contributed by atoms with E-state index in [1.807, 2.05) is 18.2 Å². The molecule has 0 unspecified atom stereocenters. The highest BCUT2D eigenvalue weighted by molar-refractivity contribution is 7.89. The fraction of sp³-hybridized carbons (Fsp3) is 0.300. The van der Waals surface area contributed by atoms with Gasteiger partial charge in [-0.2, -0.15) is 4.31 Å². The van der Waals surface area contributed by atoms with Gasteiger partial charge in [-0.1, -0.05) is 30.3 Å². The van der Waals surface area contributed by atoms with E-state index < -0.39 is 21.8 Å². The largest absolute Gasteiger partial charge is 0.324 e. The molecule has 2 aliphatic rings. The van der Waals surface area contributed by atoms with Crippen LogP contribution in [0.1, 0.15) is 12.0 Å². The number of fused-ring (bicyclic) bond motifs is 1. The number of sulfonamides is 1. The molecule has 0 saturated carbocycles. The molecule has 29 heavy (non-hydrogen) atoms. The minimum atomic E-state index is -3.69. The molecule has 0 atom stereocenters. The van der Waals surface area contributed by atoms with Gasteiger partial charge in [0.05, 0.1) is 16.3 Å². The number of benzene rings is 2. The van der Waals surface area contributed by atoms with E-state index in [9.17, 15) is 18.0 Å². The summed E-state index contributed by atoms with van der Waals surface area (Å²) in [6, 6.07) is 14.5. The van der Waals surface area contributed by atoms with Crippen molar-refractivity contribution in [3.63, 3.8) is 0 Å². The lowest BCUT2D eigenvalue weighted by Crippen LogP contribution is -2.48. The monoisotopic (exact) mass is 414 g/mol. The van der Waals surface area contributed by atoms with Gasteiger partial charge in [-0.25, -0.2) is 8.42 Å². The molecule has 1 saturated heterocycles. The third-order valence-electron chi connectivity index (χ3n) is 5.08. The fourth-order valence-electron chi connectivity index (χ4n) is 3.55. The minimum Gasteiger partial charge on any atom is -0.324 e. The zero-order valence-electron chi connectivity index (χ0n) is 15.8. The van der Waals surface area contributed by atoms with Gasteiger partial charge in [0, 0.05) is 32.7 Å². The average Bonchev–Trinajstić information content (AvgIpc) is 2.84. The number of hydrogen-bond acceptors (Lipinski definition) is 5. The highest BCUT2D eigenvalue weighted by Crippen LogP contribution is 2.29. The number of carbonyl (C=O) groups excluding carboxylic acids is 2. The summed E-state index contributed by atoms with van der Waals surface area (Å²) >= 11 is 0. The van der Waals surface area contributed by atoms with Crippen LogP contribution in [0.4, 0.5) is 11.4 Å². The number of amides is 2. The van der Waals surface area contributed by atoms with Gasteiger partial charge >= 0.3 is 0 Å². The molecule has 2 aromatic rings. The number of nitrogens with one attached hydrogen (secondary N) is 2. The molecule has 2 aliphatic heterocycles. The van der Waals surface area contributed by atoms with E-state index in [-0.39, 0.29) is 11.3 Å². The Balaban J connectivity index is 1.47. The number of anilines is 2. The molecule has 0 aromatic heterocycles. The van der Waals surface area contributed by atoms with Crippen molar-refractivity contribution in [1.82, 2.24) is 9.21 Å². The van der Waals surface area contributed by atoms with Gasteiger partial charge in [-0.15, -0.1) is 0 Å². The van der Waals surface area contributed by atoms with E-state index in [1.54, 1.807) is 0 Å². The zero-order chi connectivity index (χ0) is 20.4. The Kier molecular flexibility index (Phi) is 5.35. The molecule has 2 heterocycles. The van der Waals surface area contributed by atoms with E-state index >= 15 is 0 Å². The maximum absolute atomic E-state index is 13.1. The Bertz CT molecular complexity index is 1030. The van der Waals surface area contributed by atoms with E-state index in [4.69, 9.17) is 0 Å².